The molecule has 1 aliphatic rings. The third-order valence-corrected chi connectivity index (χ3v) is 4.39. The Labute approximate surface area is 120 Å². The van der Waals surface area contributed by atoms with Crippen LogP contribution in [0.1, 0.15) is 38.2 Å². The number of rotatable bonds is 2. The Morgan fingerprint density at radius 2 is 2.15 bits per heavy atom. The molecule has 1 amide bonds. The number of nitrogens with one attached hydrogen (secondary N) is 1. The van der Waals surface area contributed by atoms with Gasteiger partial charge in [0, 0.05) is 29.7 Å². The molecule has 1 aliphatic heterocycles. The Kier molecular flexibility index (Phi) is 3.77. The quantitative estimate of drug-likeness (QED) is 0.890. The molecule has 0 radical (unpaired) electrons. The minimum atomic E-state index is 0.268. The summed E-state index contributed by atoms with van der Waals surface area (Å²) in [5.74, 6) is 0.268. The van der Waals surface area contributed by atoms with E-state index in [4.69, 9.17) is 0 Å². The zero-order valence-electron chi connectivity index (χ0n) is 12.1. The second-order valence-electron chi connectivity index (χ2n) is 5.82. The molecule has 1 saturated heterocycles. The first-order valence-corrected chi connectivity index (χ1v) is 7.60. The summed E-state index contributed by atoms with van der Waals surface area (Å²) in [5, 5.41) is 1.17. The lowest BCUT2D eigenvalue weighted by Crippen LogP contribution is -2.39. The average molecular weight is 270 g/mol. The molecular weight excluding hydrogens is 248 g/mol. The number of benzene rings is 1. The van der Waals surface area contributed by atoms with Crippen molar-refractivity contribution in [1.29, 1.82) is 0 Å². The van der Waals surface area contributed by atoms with Crippen molar-refractivity contribution in [2.75, 3.05) is 6.54 Å². The van der Waals surface area contributed by atoms with Crippen LogP contribution in [0.15, 0.2) is 30.5 Å². The van der Waals surface area contributed by atoms with Crippen LogP contribution in [-0.4, -0.2) is 28.4 Å². The first-order chi connectivity index (χ1) is 9.75. The van der Waals surface area contributed by atoms with E-state index in [9.17, 15) is 4.79 Å². The van der Waals surface area contributed by atoms with Crippen molar-refractivity contribution in [2.45, 2.75) is 45.1 Å². The second-order valence-corrected chi connectivity index (χ2v) is 5.82. The zero-order chi connectivity index (χ0) is 13.9. The highest BCUT2D eigenvalue weighted by molar-refractivity contribution is 5.89. The van der Waals surface area contributed by atoms with Crippen molar-refractivity contribution in [3.05, 3.63) is 36.0 Å². The van der Waals surface area contributed by atoms with Crippen LogP contribution in [0.4, 0.5) is 0 Å². The van der Waals surface area contributed by atoms with Crippen LogP contribution >= 0.6 is 0 Å². The maximum atomic E-state index is 12.6. The number of H-pyrrole nitrogens is 1. The third-order valence-electron chi connectivity index (χ3n) is 4.39. The van der Waals surface area contributed by atoms with Crippen molar-refractivity contribution in [3.8, 4) is 0 Å². The topological polar surface area (TPSA) is 36.1 Å². The fourth-order valence-corrected chi connectivity index (χ4v) is 3.19. The number of fused-ring (bicyclic) bond motifs is 1. The maximum absolute atomic E-state index is 12.6. The maximum Gasteiger partial charge on any atom is 0.227 e. The molecule has 1 aromatic heterocycles. The van der Waals surface area contributed by atoms with Gasteiger partial charge < -0.3 is 9.88 Å². The summed E-state index contributed by atoms with van der Waals surface area (Å²) < 4.78 is 0. The number of likely N-dealkylation sites (tertiary alicyclic amines) is 1. The molecule has 3 heteroatoms. The molecule has 2 heterocycles. The van der Waals surface area contributed by atoms with Gasteiger partial charge in [-0.1, -0.05) is 31.0 Å². The molecule has 1 atom stereocenters. The fourth-order valence-electron chi connectivity index (χ4n) is 3.19. The van der Waals surface area contributed by atoms with E-state index in [1.54, 1.807) is 0 Å². The molecule has 0 spiro atoms. The summed E-state index contributed by atoms with van der Waals surface area (Å²) in [7, 11) is 0. The molecule has 106 valence electrons. The van der Waals surface area contributed by atoms with Gasteiger partial charge in [0.25, 0.3) is 0 Å². The molecule has 1 N–H and O–H groups in total. The lowest BCUT2D eigenvalue weighted by Gasteiger charge is -2.27. The lowest BCUT2D eigenvalue weighted by atomic mass is 10.1. The van der Waals surface area contributed by atoms with Gasteiger partial charge in [0.1, 0.15) is 0 Å². The Hall–Kier alpha value is -1.77. The van der Waals surface area contributed by atoms with Gasteiger partial charge in [0.2, 0.25) is 5.91 Å². The molecule has 1 unspecified atom stereocenters. The third kappa shape index (κ3) is 2.58. The molecule has 2 aromatic rings. The zero-order valence-corrected chi connectivity index (χ0v) is 12.1. The highest BCUT2D eigenvalue weighted by atomic mass is 16.2. The van der Waals surface area contributed by atoms with Crippen molar-refractivity contribution in [2.24, 2.45) is 0 Å². The summed E-state index contributed by atoms with van der Waals surface area (Å²) >= 11 is 0. The minimum absolute atomic E-state index is 0.268. The summed E-state index contributed by atoms with van der Waals surface area (Å²) in [6.07, 6.45) is 7.27. The summed E-state index contributed by atoms with van der Waals surface area (Å²) in [6.45, 7) is 3.10. The number of nitrogens with zero attached hydrogens (tertiary/aromatic N) is 1. The van der Waals surface area contributed by atoms with Gasteiger partial charge in [-0.2, -0.15) is 0 Å². The Bertz CT molecular complexity index is 602. The van der Waals surface area contributed by atoms with E-state index in [0.717, 1.165) is 30.5 Å². The van der Waals surface area contributed by atoms with Gasteiger partial charge >= 0.3 is 0 Å². The fraction of sp³-hybridized carbons (Fsp3) is 0.471. The molecule has 0 aliphatic carbocycles. The van der Waals surface area contributed by atoms with E-state index >= 15 is 0 Å². The van der Waals surface area contributed by atoms with Gasteiger partial charge in [-0.15, -0.1) is 0 Å². The van der Waals surface area contributed by atoms with Crippen LogP contribution in [0, 0.1) is 0 Å². The Balaban J connectivity index is 1.78. The predicted molar refractivity (Wildman–Crippen MR) is 81.6 cm³/mol. The number of amides is 1. The molecule has 3 nitrogen and oxygen atoms in total. The van der Waals surface area contributed by atoms with Gasteiger partial charge in [-0.05, 0) is 31.4 Å². The van der Waals surface area contributed by atoms with Crippen LogP contribution in [-0.2, 0) is 11.2 Å². The van der Waals surface area contributed by atoms with Gasteiger partial charge in [0.15, 0.2) is 0 Å². The lowest BCUT2D eigenvalue weighted by molar-refractivity contribution is -0.132. The van der Waals surface area contributed by atoms with Gasteiger partial charge in [0.05, 0.1) is 6.42 Å². The van der Waals surface area contributed by atoms with Crippen molar-refractivity contribution >= 4 is 16.8 Å². The van der Waals surface area contributed by atoms with Crippen molar-refractivity contribution in [3.63, 3.8) is 0 Å². The highest BCUT2D eigenvalue weighted by Crippen LogP contribution is 2.21. The monoisotopic (exact) mass is 270 g/mol. The van der Waals surface area contributed by atoms with E-state index in [1.165, 1.54) is 18.2 Å². The van der Waals surface area contributed by atoms with Gasteiger partial charge in [-0.25, -0.2) is 0 Å². The van der Waals surface area contributed by atoms with Crippen molar-refractivity contribution < 1.29 is 4.79 Å². The van der Waals surface area contributed by atoms with E-state index < -0.39 is 0 Å². The normalized spacial score (nSPS) is 20.1. The van der Waals surface area contributed by atoms with Crippen LogP contribution < -0.4 is 0 Å². The average Bonchev–Trinajstić information content (AvgIpc) is 2.72. The minimum Gasteiger partial charge on any atom is -0.361 e. The predicted octanol–water partition coefficient (Wildman–Crippen LogP) is 3.50. The standard InChI is InChI=1S/C17H22N2O/c1-13-7-3-2-6-10-19(13)17(20)11-14-12-18-16-9-5-4-8-15(14)16/h4-5,8-9,12-13,18H,2-3,6-7,10-11H2,1H3. The van der Waals surface area contributed by atoms with E-state index in [-0.39, 0.29) is 5.91 Å². The van der Waals surface area contributed by atoms with E-state index in [2.05, 4.69) is 28.9 Å². The summed E-state index contributed by atoms with van der Waals surface area (Å²) in [6, 6.07) is 8.56. The molecule has 20 heavy (non-hydrogen) atoms. The molecule has 3 rings (SSSR count). The van der Waals surface area contributed by atoms with E-state index in [1.807, 2.05) is 18.3 Å². The summed E-state index contributed by atoms with van der Waals surface area (Å²) in [5.41, 5.74) is 2.22. The number of hydrogen-bond donors (Lipinski definition) is 1. The number of para-hydroxylation sites is 1. The van der Waals surface area contributed by atoms with Crippen LogP contribution in [0.25, 0.3) is 10.9 Å². The highest BCUT2D eigenvalue weighted by Gasteiger charge is 2.22. The largest absolute Gasteiger partial charge is 0.361 e. The molecular formula is C17H22N2O. The molecule has 0 bridgehead atoms. The van der Waals surface area contributed by atoms with Crippen molar-refractivity contribution in [1.82, 2.24) is 9.88 Å². The first-order valence-electron chi connectivity index (χ1n) is 7.60. The Morgan fingerprint density at radius 1 is 1.30 bits per heavy atom. The smallest absolute Gasteiger partial charge is 0.227 e. The van der Waals surface area contributed by atoms with Gasteiger partial charge in [-0.3, -0.25) is 4.79 Å². The molecule has 1 fully saturated rings. The molecule has 1 aromatic carbocycles. The number of aromatic nitrogens is 1. The SMILES string of the molecule is CC1CCCCCN1C(=O)Cc1c[nH]c2ccccc12. The summed E-state index contributed by atoms with van der Waals surface area (Å²) in [4.78, 5) is 17.9. The van der Waals surface area contributed by atoms with E-state index in [0.29, 0.717) is 12.5 Å². The number of carbonyl (C=O) groups is 1. The number of aromatic amines is 1. The number of carbonyl (C=O) groups excluding carboxylic acids is 1. The first kappa shape index (κ1) is 13.2. The second kappa shape index (κ2) is 5.70. The number of hydrogen-bond acceptors (Lipinski definition) is 1. The van der Waals surface area contributed by atoms with Crippen LogP contribution in [0.3, 0.4) is 0 Å². The van der Waals surface area contributed by atoms with Crippen LogP contribution in [0.2, 0.25) is 0 Å². The Morgan fingerprint density at radius 3 is 3.05 bits per heavy atom. The van der Waals surface area contributed by atoms with Crippen LogP contribution in [0.5, 0.6) is 0 Å². The molecule has 0 saturated carbocycles.